The Labute approximate surface area is 94.7 Å². The van der Waals surface area contributed by atoms with Crippen LogP contribution in [0.15, 0.2) is 12.7 Å². The number of hydrogen-bond acceptors (Lipinski definition) is 2. The molecule has 0 aromatic rings. The van der Waals surface area contributed by atoms with E-state index >= 15 is 0 Å². The average Bonchev–Trinajstić information content (AvgIpc) is 2.29. The largest absolute Gasteiger partial charge is 0.312 e. The van der Waals surface area contributed by atoms with Gasteiger partial charge in [-0.15, -0.1) is 6.58 Å². The van der Waals surface area contributed by atoms with Crippen molar-refractivity contribution in [2.24, 2.45) is 5.92 Å². The molecular formula is C13H26N2. The van der Waals surface area contributed by atoms with Crippen LogP contribution in [0.1, 0.15) is 33.1 Å². The first-order valence-electron chi connectivity index (χ1n) is 6.33. The summed E-state index contributed by atoms with van der Waals surface area (Å²) in [7, 11) is 0. The summed E-state index contributed by atoms with van der Waals surface area (Å²) in [6, 6.07) is 0.666. The number of piperidine rings is 1. The van der Waals surface area contributed by atoms with Gasteiger partial charge in [-0.1, -0.05) is 19.4 Å². The number of hydrogen-bond donors (Lipinski definition) is 1. The molecule has 1 heterocycles. The third-order valence-corrected chi connectivity index (χ3v) is 3.48. The Bertz CT molecular complexity index is 179. The molecule has 1 aliphatic rings. The minimum Gasteiger partial charge on any atom is -0.312 e. The highest BCUT2D eigenvalue weighted by atomic mass is 15.2. The van der Waals surface area contributed by atoms with Gasteiger partial charge in [0.25, 0.3) is 0 Å². The second-order valence-corrected chi connectivity index (χ2v) is 4.71. The van der Waals surface area contributed by atoms with Crippen LogP contribution in [-0.2, 0) is 0 Å². The molecule has 2 unspecified atom stereocenters. The predicted octanol–water partition coefficient (Wildman–Crippen LogP) is 2.27. The van der Waals surface area contributed by atoms with Gasteiger partial charge in [0.15, 0.2) is 0 Å². The SMILES string of the molecule is C=CCNCC(C)N1CCCC(CC)C1. The quantitative estimate of drug-likeness (QED) is 0.534. The van der Waals surface area contributed by atoms with Crippen LogP contribution in [0, 0.1) is 5.92 Å². The van der Waals surface area contributed by atoms with Crippen molar-refractivity contribution >= 4 is 0 Å². The Morgan fingerprint density at radius 1 is 1.60 bits per heavy atom. The molecular weight excluding hydrogens is 184 g/mol. The molecule has 15 heavy (non-hydrogen) atoms. The summed E-state index contributed by atoms with van der Waals surface area (Å²) in [4.78, 5) is 2.63. The van der Waals surface area contributed by atoms with E-state index in [9.17, 15) is 0 Å². The summed E-state index contributed by atoms with van der Waals surface area (Å²) >= 11 is 0. The highest BCUT2D eigenvalue weighted by Gasteiger charge is 2.21. The van der Waals surface area contributed by atoms with Gasteiger partial charge in [-0.05, 0) is 32.2 Å². The van der Waals surface area contributed by atoms with Gasteiger partial charge in [-0.25, -0.2) is 0 Å². The average molecular weight is 210 g/mol. The Balaban J connectivity index is 2.25. The summed E-state index contributed by atoms with van der Waals surface area (Å²) in [5.74, 6) is 0.931. The van der Waals surface area contributed by atoms with Crippen molar-refractivity contribution < 1.29 is 0 Å². The fourth-order valence-electron chi connectivity index (χ4n) is 2.35. The Morgan fingerprint density at radius 2 is 2.40 bits per heavy atom. The normalized spacial score (nSPS) is 25.1. The van der Waals surface area contributed by atoms with E-state index in [0.29, 0.717) is 6.04 Å². The number of likely N-dealkylation sites (tertiary alicyclic amines) is 1. The molecule has 1 fully saturated rings. The molecule has 0 aromatic heterocycles. The van der Waals surface area contributed by atoms with Crippen LogP contribution in [0.4, 0.5) is 0 Å². The van der Waals surface area contributed by atoms with Crippen molar-refractivity contribution in [1.82, 2.24) is 10.2 Å². The first-order valence-corrected chi connectivity index (χ1v) is 6.33. The van der Waals surface area contributed by atoms with Crippen LogP contribution in [0.2, 0.25) is 0 Å². The molecule has 0 saturated carbocycles. The van der Waals surface area contributed by atoms with Crippen molar-refractivity contribution in [1.29, 1.82) is 0 Å². The first kappa shape index (κ1) is 12.7. The number of nitrogens with one attached hydrogen (secondary N) is 1. The van der Waals surface area contributed by atoms with Crippen LogP contribution < -0.4 is 5.32 Å². The van der Waals surface area contributed by atoms with Crippen LogP contribution in [-0.4, -0.2) is 37.1 Å². The summed E-state index contributed by atoms with van der Waals surface area (Å²) in [6.45, 7) is 13.0. The fourth-order valence-corrected chi connectivity index (χ4v) is 2.35. The monoisotopic (exact) mass is 210 g/mol. The third kappa shape index (κ3) is 4.35. The molecule has 0 aromatic carbocycles. The maximum absolute atomic E-state index is 3.72. The molecule has 0 aliphatic carbocycles. The lowest BCUT2D eigenvalue weighted by Crippen LogP contribution is -2.45. The van der Waals surface area contributed by atoms with Crippen LogP contribution in [0.5, 0.6) is 0 Å². The molecule has 88 valence electrons. The maximum Gasteiger partial charge on any atom is 0.0192 e. The van der Waals surface area contributed by atoms with Crippen molar-refractivity contribution in [3.05, 3.63) is 12.7 Å². The van der Waals surface area contributed by atoms with Gasteiger partial charge in [0.05, 0.1) is 0 Å². The fraction of sp³-hybridized carbons (Fsp3) is 0.846. The van der Waals surface area contributed by atoms with Crippen LogP contribution in [0.3, 0.4) is 0 Å². The molecule has 0 bridgehead atoms. The summed E-state index contributed by atoms with van der Waals surface area (Å²) < 4.78 is 0. The zero-order valence-corrected chi connectivity index (χ0v) is 10.3. The van der Waals surface area contributed by atoms with E-state index in [1.54, 1.807) is 0 Å². The van der Waals surface area contributed by atoms with Crippen LogP contribution >= 0.6 is 0 Å². The molecule has 1 aliphatic heterocycles. The van der Waals surface area contributed by atoms with Gasteiger partial charge in [-0.2, -0.15) is 0 Å². The molecule has 2 nitrogen and oxygen atoms in total. The summed E-state index contributed by atoms with van der Waals surface area (Å²) in [5.41, 5.74) is 0. The predicted molar refractivity (Wildman–Crippen MR) is 67.1 cm³/mol. The molecule has 2 heteroatoms. The molecule has 2 atom stereocenters. The summed E-state index contributed by atoms with van der Waals surface area (Å²) in [5, 5.41) is 3.41. The van der Waals surface area contributed by atoms with E-state index in [2.05, 4.69) is 30.6 Å². The van der Waals surface area contributed by atoms with Crippen molar-refractivity contribution in [2.45, 2.75) is 39.2 Å². The van der Waals surface area contributed by atoms with Gasteiger partial charge < -0.3 is 5.32 Å². The zero-order valence-electron chi connectivity index (χ0n) is 10.3. The van der Waals surface area contributed by atoms with E-state index in [-0.39, 0.29) is 0 Å². The molecule has 0 radical (unpaired) electrons. The highest BCUT2D eigenvalue weighted by Crippen LogP contribution is 2.20. The topological polar surface area (TPSA) is 15.3 Å². The minimum atomic E-state index is 0.666. The van der Waals surface area contributed by atoms with Crippen LogP contribution in [0.25, 0.3) is 0 Å². The van der Waals surface area contributed by atoms with E-state index in [1.807, 2.05) is 6.08 Å². The first-order chi connectivity index (χ1) is 7.27. The second-order valence-electron chi connectivity index (χ2n) is 4.71. The van der Waals surface area contributed by atoms with Crippen molar-refractivity contribution in [2.75, 3.05) is 26.2 Å². The lowest BCUT2D eigenvalue weighted by molar-refractivity contribution is 0.128. The number of nitrogens with zero attached hydrogens (tertiary/aromatic N) is 1. The maximum atomic E-state index is 3.72. The van der Waals surface area contributed by atoms with Gasteiger partial charge >= 0.3 is 0 Å². The van der Waals surface area contributed by atoms with Gasteiger partial charge in [0, 0.05) is 25.7 Å². The zero-order chi connectivity index (χ0) is 11.1. The number of rotatable bonds is 6. The van der Waals surface area contributed by atoms with E-state index < -0.39 is 0 Å². The Hall–Kier alpha value is -0.340. The summed E-state index contributed by atoms with van der Waals surface area (Å²) in [6.07, 6.45) is 6.07. The van der Waals surface area contributed by atoms with Crippen molar-refractivity contribution in [3.8, 4) is 0 Å². The molecule has 0 spiro atoms. The Morgan fingerprint density at radius 3 is 3.07 bits per heavy atom. The lowest BCUT2D eigenvalue weighted by Gasteiger charge is -2.36. The smallest absolute Gasteiger partial charge is 0.0192 e. The van der Waals surface area contributed by atoms with E-state index in [4.69, 9.17) is 0 Å². The Kier molecular flexibility index (Phi) is 5.96. The lowest BCUT2D eigenvalue weighted by atomic mass is 9.95. The molecule has 1 N–H and O–H groups in total. The molecule has 0 amide bonds. The second kappa shape index (κ2) is 7.02. The van der Waals surface area contributed by atoms with Gasteiger partial charge in [0.1, 0.15) is 0 Å². The van der Waals surface area contributed by atoms with Gasteiger partial charge in [0.2, 0.25) is 0 Å². The van der Waals surface area contributed by atoms with E-state index in [1.165, 1.54) is 32.4 Å². The minimum absolute atomic E-state index is 0.666. The standard InChI is InChI=1S/C13H26N2/c1-4-8-14-10-12(3)15-9-6-7-13(5-2)11-15/h4,12-14H,1,5-11H2,2-3H3. The van der Waals surface area contributed by atoms with Crippen molar-refractivity contribution in [3.63, 3.8) is 0 Å². The van der Waals surface area contributed by atoms with E-state index in [0.717, 1.165) is 19.0 Å². The highest BCUT2D eigenvalue weighted by molar-refractivity contribution is 4.79. The van der Waals surface area contributed by atoms with Gasteiger partial charge in [-0.3, -0.25) is 4.90 Å². The molecule has 1 rings (SSSR count). The molecule has 1 saturated heterocycles. The third-order valence-electron chi connectivity index (χ3n) is 3.48.